The van der Waals surface area contributed by atoms with Gasteiger partial charge in [0.2, 0.25) is 0 Å². The second kappa shape index (κ2) is 6.03. The maximum absolute atomic E-state index is 6.14. The molecular weight excluding hydrogens is 259 g/mol. The first-order valence-corrected chi connectivity index (χ1v) is 6.42. The summed E-state index contributed by atoms with van der Waals surface area (Å²) in [4.78, 5) is 2.29. The van der Waals surface area contributed by atoms with Crippen molar-refractivity contribution in [3.8, 4) is 0 Å². The summed E-state index contributed by atoms with van der Waals surface area (Å²) in [6.07, 6.45) is 0.127. The zero-order chi connectivity index (χ0) is 12.3. The molecule has 2 rings (SSSR count). The molecule has 0 aliphatic carbocycles. The van der Waals surface area contributed by atoms with Gasteiger partial charge in [-0.1, -0.05) is 23.2 Å². The van der Waals surface area contributed by atoms with E-state index in [1.165, 1.54) is 0 Å². The molecular formula is C12H16Cl2N2O. The van der Waals surface area contributed by atoms with Crippen LogP contribution < -0.4 is 5.73 Å². The highest BCUT2D eigenvalue weighted by molar-refractivity contribution is 6.33. The fourth-order valence-electron chi connectivity index (χ4n) is 1.97. The van der Waals surface area contributed by atoms with E-state index in [9.17, 15) is 0 Å². The largest absolute Gasteiger partial charge is 0.374 e. The Kier molecular flexibility index (Phi) is 4.65. The summed E-state index contributed by atoms with van der Waals surface area (Å²) in [6, 6.07) is 5.55. The van der Waals surface area contributed by atoms with Crippen LogP contribution in [-0.2, 0) is 11.3 Å². The van der Waals surface area contributed by atoms with Crippen LogP contribution in [0.25, 0.3) is 0 Å². The predicted molar refractivity (Wildman–Crippen MR) is 70.5 cm³/mol. The average molecular weight is 275 g/mol. The summed E-state index contributed by atoms with van der Waals surface area (Å²) >= 11 is 12.1. The van der Waals surface area contributed by atoms with Gasteiger partial charge in [0.1, 0.15) is 0 Å². The quantitative estimate of drug-likeness (QED) is 0.918. The highest BCUT2D eigenvalue weighted by Crippen LogP contribution is 2.22. The standard InChI is InChI=1S/C12H16Cl2N2O/c13-10-1-2-12(14)9(5-10)7-16-3-4-17-11(6-15)8-16/h1-2,5,11H,3-4,6-8,15H2. The van der Waals surface area contributed by atoms with Crippen molar-refractivity contribution in [2.24, 2.45) is 5.73 Å². The average Bonchev–Trinajstić information content (AvgIpc) is 2.34. The number of nitrogens with two attached hydrogens (primary N) is 1. The van der Waals surface area contributed by atoms with Crippen molar-refractivity contribution in [3.05, 3.63) is 33.8 Å². The molecule has 1 aliphatic rings. The van der Waals surface area contributed by atoms with Crippen LogP contribution in [0, 0.1) is 0 Å². The van der Waals surface area contributed by atoms with E-state index in [2.05, 4.69) is 4.90 Å². The smallest absolute Gasteiger partial charge is 0.0824 e. The number of morpholine rings is 1. The van der Waals surface area contributed by atoms with Crippen molar-refractivity contribution >= 4 is 23.2 Å². The van der Waals surface area contributed by atoms with Crippen LogP contribution in [-0.4, -0.2) is 37.2 Å². The zero-order valence-corrected chi connectivity index (χ0v) is 11.0. The number of ether oxygens (including phenoxy) is 1. The van der Waals surface area contributed by atoms with Gasteiger partial charge < -0.3 is 10.5 Å². The fourth-order valence-corrected chi connectivity index (χ4v) is 2.34. The lowest BCUT2D eigenvalue weighted by Gasteiger charge is -2.32. The SMILES string of the molecule is NCC1CN(Cc2cc(Cl)ccc2Cl)CCO1. The topological polar surface area (TPSA) is 38.5 Å². The Morgan fingerprint density at radius 1 is 1.41 bits per heavy atom. The molecule has 5 heteroatoms. The molecule has 17 heavy (non-hydrogen) atoms. The Bertz CT molecular complexity index is 387. The van der Waals surface area contributed by atoms with Crippen LogP contribution in [0.15, 0.2) is 18.2 Å². The molecule has 0 bridgehead atoms. The van der Waals surface area contributed by atoms with Gasteiger partial charge in [-0.25, -0.2) is 0 Å². The summed E-state index contributed by atoms with van der Waals surface area (Å²) in [7, 11) is 0. The lowest BCUT2D eigenvalue weighted by atomic mass is 10.2. The van der Waals surface area contributed by atoms with Crippen LogP contribution in [0.5, 0.6) is 0 Å². The van der Waals surface area contributed by atoms with Crippen molar-refractivity contribution in [1.29, 1.82) is 0 Å². The maximum atomic E-state index is 6.14. The van der Waals surface area contributed by atoms with E-state index < -0.39 is 0 Å². The fraction of sp³-hybridized carbons (Fsp3) is 0.500. The van der Waals surface area contributed by atoms with Crippen molar-refractivity contribution < 1.29 is 4.74 Å². The van der Waals surface area contributed by atoms with Gasteiger partial charge in [0.25, 0.3) is 0 Å². The van der Waals surface area contributed by atoms with E-state index in [1.807, 2.05) is 12.1 Å². The maximum Gasteiger partial charge on any atom is 0.0824 e. The molecule has 1 fully saturated rings. The monoisotopic (exact) mass is 274 g/mol. The summed E-state index contributed by atoms with van der Waals surface area (Å²) in [6.45, 7) is 3.82. The lowest BCUT2D eigenvalue weighted by Crippen LogP contribution is -2.45. The highest BCUT2D eigenvalue weighted by Gasteiger charge is 2.19. The van der Waals surface area contributed by atoms with Gasteiger partial charge in [0, 0.05) is 36.2 Å². The number of hydrogen-bond donors (Lipinski definition) is 1. The molecule has 1 aromatic rings. The molecule has 1 heterocycles. The number of hydrogen-bond acceptors (Lipinski definition) is 3. The predicted octanol–water partition coefficient (Wildman–Crippen LogP) is 2.15. The minimum atomic E-state index is 0.127. The second-order valence-corrected chi connectivity index (χ2v) is 5.04. The molecule has 2 N–H and O–H groups in total. The zero-order valence-electron chi connectivity index (χ0n) is 9.53. The van der Waals surface area contributed by atoms with Crippen LogP contribution in [0.3, 0.4) is 0 Å². The minimum Gasteiger partial charge on any atom is -0.374 e. The molecule has 94 valence electrons. The molecule has 1 atom stereocenters. The third-order valence-corrected chi connectivity index (χ3v) is 3.49. The van der Waals surface area contributed by atoms with Gasteiger partial charge in [0.15, 0.2) is 0 Å². The van der Waals surface area contributed by atoms with Crippen LogP contribution in [0.1, 0.15) is 5.56 Å². The molecule has 0 radical (unpaired) electrons. The summed E-state index contributed by atoms with van der Waals surface area (Å²) in [5.41, 5.74) is 6.67. The van der Waals surface area contributed by atoms with Gasteiger partial charge in [-0.2, -0.15) is 0 Å². The summed E-state index contributed by atoms with van der Waals surface area (Å²) in [5.74, 6) is 0. The molecule has 0 spiro atoms. The van der Waals surface area contributed by atoms with Gasteiger partial charge in [-0.05, 0) is 23.8 Å². The molecule has 1 unspecified atom stereocenters. The van der Waals surface area contributed by atoms with E-state index >= 15 is 0 Å². The normalized spacial score (nSPS) is 21.7. The third kappa shape index (κ3) is 3.57. The number of rotatable bonds is 3. The molecule has 1 aliphatic heterocycles. The van der Waals surface area contributed by atoms with Crippen molar-refractivity contribution in [2.75, 3.05) is 26.2 Å². The Morgan fingerprint density at radius 2 is 2.24 bits per heavy atom. The van der Waals surface area contributed by atoms with Crippen LogP contribution >= 0.6 is 23.2 Å². The van der Waals surface area contributed by atoms with E-state index in [0.717, 1.165) is 36.8 Å². The first-order chi connectivity index (χ1) is 8.19. The number of benzene rings is 1. The van der Waals surface area contributed by atoms with Crippen molar-refractivity contribution in [1.82, 2.24) is 4.90 Å². The van der Waals surface area contributed by atoms with Gasteiger partial charge >= 0.3 is 0 Å². The highest BCUT2D eigenvalue weighted by atomic mass is 35.5. The van der Waals surface area contributed by atoms with E-state index in [4.69, 9.17) is 33.7 Å². The molecule has 0 saturated carbocycles. The first-order valence-electron chi connectivity index (χ1n) is 5.67. The number of nitrogens with zero attached hydrogens (tertiary/aromatic N) is 1. The lowest BCUT2D eigenvalue weighted by molar-refractivity contribution is -0.0260. The van der Waals surface area contributed by atoms with E-state index in [0.29, 0.717) is 11.6 Å². The second-order valence-electron chi connectivity index (χ2n) is 4.20. The van der Waals surface area contributed by atoms with Crippen molar-refractivity contribution in [3.63, 3.8) is 0 Å². The minimum absolute atomic E-state index is 0.127. The summed E-state index contributed by atoms with van der Waals surface area (Å²) < 4.78 is 5.52. The third-order valence-electron chi connectivity index (χ3n) is 2.89. The molecule has 0 aromatic heterocycles. The van der Waals surface area contributed by atoms with Gasteiger partial charge in [-0.3, -0.25) is 4.90 Å². The first kappa shape index (κ1) is 13.1. The van der Waals surface area contributed by atoms with Crippen LogP contribution in [0.2, 0.25) is 10.0 Å². The molecule has 1 saturated heterocycles. The van der Waals surface area contributed by atoms with Gasteiger partial charge in [-0.15, -0.1) is 0 Å². The van der Waals surface area contributed by atoms with E-state index in [-0.39, 0.29) is 6.10 Å². The Balaban J connectivity index is 2.02. The Labute approximate surface area is 111 Å². The van der Waals surface area contributed by atoms with Gasteiger partial charge in [0.05, 0.1) is 12.7 Å². The molecule has 1 aromatic carbocycles. The summed E-state index contributed by atoms with van der Waals surface area (Å²) in [5, 5.41) is 1.47. The van der Waals surface area contributed by atoms with Crippen LogP contribution in [0.4, 0.5) is 0 Å². The molecule has 0 amide bonds. The Morgan fingerprint density at radius 3 is 3.00 bits per heavy atom. The van der Waals surface area contributed by atoms with E-state index in [1.54, 1.807) is 6.07 Å². The number of halogens is 2. The van der Waals surface area contributed by atoms with Crippen molar-refractivity contribution in [2.45, 2.75) is 12.6 Å². The molecule has 3 nitrogen and oxygen atoms in total. The Hall–Kier alpha value is -0.320.